The molecule has 156 valence electrons. The Kier molecular flexibility index (Phi) is 8.33. The van der Waals surface area contributed by atoms with Gasteiger partial charge in [0.2, 0.25) is 5.91 Å². The summed E-state index contributed by atoms with van der Waals surface area (Å²) < 4.78 is 5.42. The summed E-state index contributed by atoms with van der Waals surface area (Å²) in [5, 5.41) is 4.24. The topological polar surface area (TPSA) is 44.8 Å². The van der Waals surface area contributed by atoms with Gasteiger partial charge >= 0.3 is 0 Å². The Morgan fingerprint density at radius 3 is 2.45 bits per heavy atom. The molecule has 1 heterocycles. The molecule has 1 saturated heterocycles. The molecule has 3 rings (SSSR count). The summed E-state index contributed by atoms with van der Waals surface area (Å²) in [5.74, 6) is -0.0122. The van der Waals surface area contributed by atoms with Crippen LogP contribution in [0.1, 0.15) is 16.7 Å². The lowest BCUT2D eigenvalue weighted by Crippen LogP contribution is -2.36. The Labute approximate surface area is 182 Å². The molecule has 1 fully saturated rings. The third-order valence-electron chi connectivity index (χ3n) is 4.88. The number of rotatable bonds is 8. The van der Waals surface area contributed by atoms with Crippen LogP contribution in [-0.2, 0) is 29.2 Å². The zero-order chi connectivity index (χ0) is 20.6. The minimum absolute atomic E-state index is 0.0122. The van der Waals surface area contributed by atoms with Crippen molar-refractivity contribution in [1.82, 2.24) is 15.1 Å². The number of morpholine rings is 1. The highest BCUT2D eigenvalue weighted by Gasteiger charge is 2.13. The number of hydrogen-bond acceptors (Lipinski definition) is 4. The van der Waals surface area contributed by atoms with E-state index < -0.39 is 0 Å². The average molecular weight is 436 g/mol. The summed E-state index contributed by atoms with van der Waals surface area (Å²) >= 11 is 12.1. The summed E-state index contributed by atoms with van der Waals surface area (Å²) in [6, 6.07) is 13.7. The predicted molar refractivity (Wildman–Crippen MR) is 117 cm³/mol. The van der Waals surface area contributed by atoms with Crippen LogP contribution in [0.5, 0.6) is 0 Å². The number of carbonyl (C=O) groups excluding carboxylic acids is 1. The van der Waals surface area contributed by atoms with Crippen LogP contribution in [0.15, 0.2) is 42.5 Å². The second-order valence-corrected chi connectivity index (χ2v) is 8.26. The molecule has 0 unspecified atom stereocenters. The molecule has 5 nitrogen and oxygen atoms in total. The van der Waals surface area contributed by atoms with E-state index in [1.807, 2.05) is 36.2 Å². The van der Waals surface area contributed by atoms with E-state index in [4.69, 9.17) is 27.9 Å². The summed E-state index contributed by atoms with van der Waals surface area (Å²) in [4.78, 5) is 16.7. The van der Waals surface area contributed by atoms with Crippen LogP contribution in [0.3, 0.4) is 0 Å². The Hall–Kier alpha value is -1.63. The molecule has 1 N–H and O–H groups in total. The highest BCUT2D eigenvalue weighted by molar-refractivity contribution is 6.34. The van der Waals surface area contributed by atoms with Gasteiger partial charge in [-0.15, -0.1) is 0 Å². The monoisotopic (exact) mass is 435 g/mol. The summed E-state index contributed by atoms with van der Waals surface area (Å²) in [6.45, 7) is 5.75. The highest BCUT2D eigenvalue weighted by atomic mass is 35.5. The standard InChI is InChI=1S/C22H27Cl2N3O2/c1-26(14-17-10-20(23)12-21(24)11-17)16-22(28)25-13-18-4-2-3-5-19(18)15-27-6-8-29-9-7-27/h2-5,10-12H,6-9,13-16H2,1H3,(H,25,28). The summed E-state index contributed by atoms with van der Waals surface area (Å²) in [7, 11) is 1.90. The van der Waals surface area contributed by atoms with Crippen molar-refractivity contribution in [3.05, 3.63) is 69.2 Å². The third kappa shape index (κ3) is 7.28. The molecule has 2 aromatic carbocycles. The Bertz CT molecular complexity index is 805. The second-order valence-electron chi connectivity index (χ2n) is 7.38. The van der Waals surface area contributed by atoms with E-state index in [1.165, 1.54) is 5.56 Å². The first kappa shape index (κ1) is 22.1. The lowest BCUT2D eigenvalue weighted by atomic mass is 10.1. The van der Waals surface area contributed by atoms with Gasteiger partial charge in [-0.3, -0.25) is 14.6 Å². The normalized spacial score (nSPS) is 14.9. The van der Waals surface area contributed by atoms with E-state index in [0.717, 1.165) is 44.0 Å². The number of carbonyl (C=O) groups is 1. The average Bonchev–Trinajstić information content (AvgIpc) is 2.67. The van der Waals surface area contributed by atoms with Gasteiger partial charge in [0.25, 0.3) is 0 Å². The molecule has 0 radical (unpaired) electrons. The molecule has 1 amide bonds. The first-order valence-corrected chi connectivity index (χ1v) is 10.5. The number of benzene rings is 2. The van der Waals surface area contributed by atoms with Crippen LogP contribution in [0, 0.1) is 0 Å². The fourth-order valence-electron chi connectivity index (χ4n) is 3.45. The predicted octanol–water partition coefficient (Wildman–Crippen LogP) is 3.57. The number of amides is 1. The SMILES string of the molecule is CN(CC(=O)NCc1ccccc1CN1CCOCC1)Cc1cc(Cl)cc(Cl)c1. The van der Waals surface area contributed by atoms with Crippen molar-refractivity contribution >= 4 is 29.1 Å². The summed E-state index contributed by atoms with van der Waals surface area (Å²) in [5.41, 5.74) is 3.38. The Morgan fingerprint density at radius 1 is 1.10 bits per heavy atom. The van der Waals surface area contributed by atoms with Gasteiger partial charge in [-0.25, -0.2) is 0 Å². The van der Waals surface area contributed by atoms with E-state index in [0.29, 0.717) is 29.7 Å². The largest absolute Gasteiger partial charge is 0.379 e. The lowest BCUT2D eigenvalue weighted by Gasteiger charge is -2.27. The van der Waals surface area contributed by atoms with Crippen LogP contribution in [-0.4, -0.2) is 55.6 Å². The molecule has 1 aliphatic heterocycles. The van der Waals surface area contributed by atoms with Crippen LogP contribution in [0.2, 0.25) is 10.0 Å². The first-order chi connectivity index (χ1) is 14.0. The molecule has 2 aromatic rings. The van der Waals surface area contributed by atoms with Gasteiger partial charge in [0.05, 0.1) is 19.8 Å². The maximum atomic E-state index is 12.4. The number of nitrogens with zero attached hydrogens (tertiary/aromatic N) is 2. The number of nitrogens with one attached hydrogen (secondary N) is 1. The lowest BCUT2D eigenvalue weighted by molar-refractivity contribution is -0.122. The molecule has 1 aliphatic rings. The van der Waals surface area contributed by atoms with Gasteiger partial charge in [-0.05, 0) is 41.9 Å². The minimum Gasteiger partial charge on any atom is -0.379 e. The number of ether oxygens (including phenoxy) is 1. The zero-order valence-corrected chi connectivity index (χ0v) is 18.2. The Morgan fingerprint density at radius 2 is 1.76 bits per heavy atom. The van der Waals surface area contributed by atoms with E-state index in [-0.39, 0.29) is 5.91 Å². The van der Waals surface area contributed by atoms with Gasteiger partial charge in [0.1, 0.15) is 0 Å². The molecular formula is C22H27Cl2N3O2. The number of likely N-dealkylation sites (N-methyl/N-ethyl adjacent to an activating group) is 1. The smallest absolute Gasteiger partial charge is 0.234 e. The van der Waals surface area contributed by atoms with Gasteiger partial charge in [-0.2, -0.15) is 0 Å². The fourth-order valence-corrected chi connectivity index (χ4v) is 4.02. The van der Waals surface area contributed by atoms with Crippen LogP contribution in [0.4, 0.5) is 0 Å². The van der Waals surface area contributed by atoms with Gasteiger partial charge < -0.3 is 10.1 Å². The van der Waals surface area contributed by atoms with Gasteiger partial charge in [0, 0.05) is 42.8 Å². The fraction of sp³-hybridized carbons (Fsp3) is 0.409. The maximum absolute atomic E-state index is 12.4. The van der Waals surface area contributed by atoms with E-state index in [9.17, 15) is 4.79 Å². The molecule has 0 aromatic heterocycles. The highest BCUT2D eigenvalue weighted by Crippen LogP contribution is 2.20. The number of hydrogen-bond donors (Lipinski definition) is 1. The molecule has 0 aliphatic carbocycles. The third-order valence-corrected chi connectivity index (χ3v) is 5.32. The summed E-state index contributed by atoms with van der Waals surface area (Å²) in [6.07, 6.45) is 0. The molecule has 0 atom stereocenters. The van der Waals surface area contributed by atoms with Crippen molar-refractivity contribution in [3.63, 3.8) is 0 Å². The van der Waals surface area contributed by atoms with Crippen molar-refractivity contribution in [2.45, 2.75) is 19.6 Å². The van der Waals surface area contributed by atoms with E-state index in [2.05, 4.69) is 22.3 Å². The van der Waals surface area contributed by atoms with E-state index in [1.54, 1.807) is 6.07 Å². The van der Waals surface area contributed by atoms with Gasteiger partial charge in [0.15, 0.2) is 0 Å². The van der Waals surface area contributed by atoms with Crippen molar-refractivity contribution in [2.75, 3.05) is 39.9 Å². The Balaban J connectivity index is 1.50. The van der Waals surface area contributed by atoms with Crippen molar-refractivity contribution in [3.8, 4) is 0 Å². The van der Waals surface area contributed by atoms with Crippen molar-refractivity contribution in [2.24, 2.45) is 0 Å². The quantitative estimate of drug-likeness (QED) is 0.687. The minimum atomic E-state index is -0.0122. The van der Waals surface area contributed by atoms with Crippen molar-refractivity contribution < 1.29 is 9.53 Å². The van der Waals surface area contributed by atoms with Crippen molar-refractivity contribution in [1.29, 1.82) is 0 Å². The first-order valence-electron chi connectivity index (χ1n) is 9.76. The maximum Gasteiger partial charge on any atom is 0.234 e. The molecule has 29 heavy (non-hydrogen) atoms. The molecule has 0 saturated carbocycles. The molecule has 7 heteroatoms. The molecule has 0 spiro atoms. The van der Waals surface area contributed by atoms with Crippen LogP contribution < -0.4 is 5.32 Å². The number of halogens is 2. The molecular weight excluding hydrogens is 409 g/mol. The zero-order valence-electron chi connectivity index (χ0n) is 16.7. The van der Waals surface area contributed by atoms with Gasteiger partial charge in [-0.1, -0.05) is 47.5 Å². The molecule has 0 bridgehead atoms. The van der Waals surface area contributed by atoms with E-state index >= 15 is 0 Å². The van der Waals surface area contributed by atoms with Crippen LogP contribution >= 0.6 is 23.2 Å². The second kappa shape index (κ2) is 11.0. The van der Waals surface area contributed by atoms with Crippen LogP contribution in [0.25, 0.3) is 0 Å².